The number of amides is 1. The van der Waals surface area contributed by atoms with Gasteiger partial charge in [-0.2, -0.15) is 16.9 Å². The lowest BCUT2D eigenvalue weighted by Gasteiger charge is -2.11. The van der Waals surface area contributed by atoms with Crippen molar-refractivity contribution in [2.45, 2.75) is 11.5 Å². The topological polar surface area (TPSA) is 56.1 Å². The highest BCUT2D eigenvalue weighted by Gasteiger charge is 2.25. The van der Waals surface area contributed by atoms with Crippen LogP contribution in [0.1, 0.15) is 21.6 Å². The molecule has 7 heteroatoms. The Morgan fingerprint density at radius 2 is 2.04 bits per heavy atom. The summed E-state index contributed by atoms with van der Waals surface area (Å²) in [6.45, 7) is 0. The van der Waals surface area contributed by atoms with E-state index in [1.54, 1.807) is 47.8 Å². The maximum absolute atomic E-state index is 12.7. The van der Waals surface area contributed by atoms with Crippen LogP contribution in [0.15, 0.2) is 48.5 Å². The van der Waals surface area contributed by atoms with Gasteiger partial charge in [0.1, 0.15) is 11.6 Å². The van der Waals surface area contributed by atoms with E-state index in [4.69, 9.17) is 16.3 Å². The van der Waals surface area contributed by atoms with Gasteiger partial charge < -0.3 is 10.1 Å². The minimum Gasteiger partial charge on any atom is -0.497 e. The number of rotatable bonds is 4. The second-order valence-corrected chi connectivity index (χ2v) is 7.26. The van der Waals surface area contributed by atoms with E-state index in [-0.39, 0.29) is 5.91 Å². The molecule has 0 aliphatic carbocycles. The molecule has 2 aromatic carbocycles. The smallest absolute Gasteiger partial charge is 0.256 e. The summed E-state index contributed by atoms with van der Waals surface area (Å²) in [5, 5.41) is 8.33. The van der Waals surface area contributed by atoms with E-state index in [1.165, 1.54) is 0 Å². The zero-order valence-electron chi connectivity index (χ0n) is 14.0. The summed E-state index contributed by atoms with van der Waals surface area (Å²) in [6, 6.07) is 14.4. The van der Waals surface area contributed by atoms with Gasteiger partial charge in [0.25, 0.3) is 5.91 Å². The number of methoxy groups -OCH3 is 1. The van der Waals surface area contributed by atoms with E-state index >= 15 is 0 Å². The van der Waals surface area contributed by atoms with Gasteiger partial charge in [0.05, 0.1) is 18.5 Å². The number of anilines is 1. The van der Waals surface area contributed by atoms with Crippen LogP contribution in [-0.4, -0.2) is 22.8 Å². The monoisotopic (exact) mass is 385 g/mol. The zero-order chi connectivity index (χ0) is 18.1. The number of thioether (sulfide) groups is 1. The van der Waals surface area contributed by atoms with Crippen LogP contribution in [0, 0.1) is 0 Å². The van der Waals surface area contributed by atoms with Crippen molar-refractivity contribution in [1.82, 2.24) is 9.78 Å². The number of benzene rings is 2. The number of fused-ring (bicyclic) bond motifs is 1. The molecule has 0 fully saturated rings. The van der Waals surface area contributed by atoms with Crippen LogP contribution in [-0.2, 0) is 11.5 Å². The van der Waals surface area contributed by atoms with Crippen LogP contribution >= 0.6 is 23.4 Å². The summed E-state index contributed by atoms with van der Waals surface area (Å²) in [7, 11) is 1.60. The van der Waals surface area contributed by atoms with Crippen molar-refractivity contribution in [2.24, 2.45) is 0 Å². The molecule has 1 amide bonds. The van der Waals surface area contributed by atoms with E-state index in [9.17, 15) is 4.79 Å². The number of carbonyl (C=O) groups excluding carboxylic acids is 1. The Kier molecular flexibility index (Phi) is 4.61. The fourth-order valence-electron chi connectivity index (χ4n) is 2.86. The molecular weight excluding hydrogens is 370 g/mol. The van der Waals surface area contributed by atoms with Crippen LogP contribution in [0.5, 0.6) is 5.75 Å². The van der Waals surface area contributed by atoms with Crippen molar-refractivity contribution in [1.29, 1.82) is 0 Å². The summed E-state index contributed by atoms with van der Waals surface area (Å²) in [5.74, 6) is 2.90. The minimum absolute atomic E-state index is 0.185. The van der Waals surface area contributed by atoms with Gasteiger partial charge in [-0.25, -0.2) is 4.68 Å². The lowest BCUT2D eigenvalue weighted by Crippen LogP contribution is -2.16. The Morgan fingerprint density at radius 1 is 1.23 bits per heavy atom. The number of halogens is 1. The number of carbonyl (C=O) groups is 1. The van der Waals surface area contributed by atoms with E-state index in [1.807, 2.05) is 24.3 Å². The van der Waals surface area contributed by atoms with Crippen LogP contribution in [0.2, 0.25) is 5.02 Å². The molecule has 132 valence electrons. The van der Waals surface area contributed by atoms with E-state index < -0.39 is 0 Å². The van der Waals surface area contributed by atoms with Gasteiger partial charge in [-0.1, -0.05) is 17.7 Å². The summed E-state index contributed by atoms with van der Waals surface area (Å²) in [6.07, 6.45) is 0. The highest BCUT2D eigenvalue weighted by atomic mass is 35.5. The summed E-state index contributed by atoms with van der Waals surface area (Å²) in [5.41, 5.74) is 3.45. The van der Waals surface area contributed by atoms with Crippen molar-refractivity contribution >= 4 is 35.1 Å². The molecular formula is C19H16ClN3O2S. The first-order valence-corrected chi connectivity index (χ1v) is 9.59. The highest BCUT2D eigenvalue weighted by molar-refractivity contribution is 7.98. The molecule has 0 radical (unpaired) electrons. The maximum atomic E-state index is 12.7. The van der Waals surface area contributed by atoms with Crippen molar-refractivity contribution in [3.63, 3.8) is 0 Å². The van der Waals surface area contributed by atoms with Gasteiger partial charge in [0, 0.05) is 27.7 Å². The summed E-state index contributed by atoms with van der Waals surface area (Å²) in [4.78, 5) is 12.7. The molecule has 0 bridgehead atoms. The second-order valence-electron chi connectivity index (χ2n) is 5.84. The number of aromatic nitrogens is 2. The van der Waals surface area contributed by atoms with Crippen molar-refractivity contribution in [3.05, 3.63) is 70.4 Å². The van der Waals surface area contributed by atoms with Crippen LogP contribution in [0.3, 0.4) is 0 Å². The largest absolute Gasteiger partial charge is 0.497 e. The van der Waals surface area contributed by atoms with E-state index in [0.29, 0.717) is 22.2 Å². The first-order valence-electron chi connectivity index (χ1n) is 8.05. The molecule has 0 spiro atoms. The lowest BCUT2D eigenvalue weighted by atomic mass is 10.2. The average Bonchev–Trinajstić information content (AvgIpc) is 3.24. The van der Waals surface area contributed by atoms with E-state index in [2.05, 4.69) is 10.4 Å². The Morgan fingerprint density at radius 3 is 2.77 bits per heavy atom. The summed E-state index contributed by atoms with van der Waals surface area (Å²) >= 11 is 7.92. The third-order valence-electron chi connectivity index (χ3n) is 4.19. The molecule has 26 heavy (non-hydrogen) atoms. The second kappa shape index (κ2) is 7.05. The molecule has 3 aromatic rings. The molecule has 1 aliphatic rings. The Bertz CT molecular complexity index is 969. The van der Waals surface area contributed by atoms with E-state index in [0.717, 1.165) is 28.5 Å². The molecule has 5 nitrogen and oxygen atoms in total. The van der Waals surface area contributed by atoms with Gasteiger partial charge >= 0.3 is 0 Å². The Labute approximate surface area is 160 Å². The van der Waals surface area contributed by atoms with Gasteiger partial charge in [-0.3, -0.25) is 4.79 Å². The quantitative estimate of drug-likeness (QED) is 0.716. The Balaban J connectivity index is 1.70. The zero-order valence-corrected chi connectivity index (χ0v) is 15.6. The van der Waals surface area contributed by atoms with Crippen molar-refractivity contribution in [3.8, 4) is 11.4 Å². The summed E-state index contributed by atoms with van der Waals surface area (Å²) < 4.78 is 6.90. The standard InChI is InChI=1S/C19H16ClN3O2S/c1-25-15-7-5-12(6-8-15)19(24)21-18-16-10-26-11-17(16)22-23(18)14-4-2-3-13(20)9-14/h2-9H,10-11H2,1H3,(H,21,24). The normalized spacial score (nSPS) is 12.7. The fraction of sp³-hybridized carbons (Fsp3) is 0.158. The third-order valence-corrected chi connectivity index (χ3v) is 5.39. The minimum atomic E-state index is -0.185. The Hall–Kier alpha value is -2.44. The van der Waals surface area contributed by atoms with Gasteiger partial charge in [0.2, 0.25) is 0 Å². The number of ether oxygens (including phenoxy) is 1. The molecule has 4 rings (SSSR count). The predicted molar refractivity (Wildman–Crippen MR) is 105 cm³/mol. The fourth-order valence-corrected chi connectivity index (χ4v) is 4.08. The molecule has 2 heterocycles. The number of hydrogen-bond acceptors (Lipinski definition) is 4. The van der Waals surface area contributed by atoms with Crippen LogP contribution < -0.4 is 10.1 Å². The van der Waals surface area contributed by atoms with Crippen molar-refractivity contribution < 1.29 is 9.53 Å². The number of nitrogens with zero attached hydrogens (tertiary/aromatic N) is 2. The number of nitrogens with one attached hydrogen (secondary N) is 1. The number of hydrogen-bond donors (Lipinski definition) is 1. The predicted octanol–water partition coefficient (Wildman–Crippen LogP) is 4.53. The molecule has 1 aromatic heterocycles. The molecule has 0 unspecified atom stereocenters. The first-order chi connectivity index (χ1) is 12.7. The third kappa shape index (κ3) is 3.18. The molecule has 0 saturated carbocycles. The van der Waals surface area contributed by atoms with Crippen LogP contribution in [0.25, 0.3) is 5.69 Å². The van der Waals surface area contributed by atoms with Gasteiger partial charge in [-0.05, 0) is 42.5 Å². The first kappa shape index (κ1) is 17.0. The SMILES string of the molecule is COc1ccc(C(=O)Nc2c3c(nn2-c2cccc(Cl)c2)CSC3)cc1. The molecule has 0 atom stereocenters. The van der Waals surface area contributed by atoms with Gasteiger partial charge in [-0.15, -0.1) is 0 Å². The van der Waals surface area contributed by atoms with Gasteiger partial charge in [0.15, 0.2) is 0 Å². The maximum Gasteiger partial charge on any atom is 0.256 e. The average molecular weight is 386 g/mol. The lowest BCUT2D eigenvalue weighted by molar-refractivity contribution is 0.102. The highest BCUT2D eigenvalue weighted by Crippen LogP contribution is 2.36. The van der Waals surface area contributed by atoms with Crippen molar-refractivity contribution in [2.75, 3.05) is 12.4 Å². The molecule has 0 saturated heterocycles. The molecule has 1 N–H and O–H groups in total. The molecule has 1 aliphatic heterocycles. The van der Waals surface area contributed by atoms with Crippen LogP contribution in [0.4, 0.5) is 5.82 Å².